The maximum atomic E-state index is 11.5. The summed E-state index contributed by atoms with van der Waals surface area (Å²) in [6, 6.07) is 7.54. The lowest BCUT2D eigenvalue weighted by Gasteiger charge is -2.14. The summed E-state index contributed by atoms with van der Waals surface area (Å²) in [5.41, 5.74) is 0.0621. The highest BCUT2D eigenvalue weighted by atomic mass is 16.1. The van der Waals surface area contributed by atoms with Gasteiger partial charge in [0.15, 0.2) is 0 Å². The number of pyridine rings is 1. The largest absolute Gasteiger partial charge is 0.315 e. The molecule has 2 aromatic heterocycles. The van der Waals surface area contributed by atoms with Crippen LogP contribution in [0.5, 0.6) is 0 Å². The van der Waals surface area contributed by atoms with Crippen molar-refractivity contribution in [1.29, 1.82) is 0 Å². The summed E-state index contributed by atoms with van der Waals surface area (Å²) >= 11 is 0. The molecule has 1 unspecified atom stereocenters. The van der Waals surface area contributed by atoms with E-state index in [1.54, 1.807) is 22.9 Å². The molecule has 0 aliphatic heterocycles. The summed E-state index contributed by atoms with van der Waals surface area (Å²) in [7, 11) is 0. The number of hydrogen-bond acceptors (Lipinski definition) is 3. The lowest BCUT2D eigenvalue weighted by atomic mass is 10.3. The molecular formula is C14H20N4O. The molecule has 0 bridgehead atoms. The molecule has 0 aromatic carbocycles. The van der Waals surface area contributed by atoms with Crippen molar-refractivity contribution < 1.29 is 0 Å². The minimum atomic E-state index is 0.0621. The van der Waals surface area contributed by atoms with Crippen LogP contribution in [0.15, 0.2) is 47.7 Å². The van der Waals surface area contributed by atoms with E-state index in [0.717, 1.165) is 26.1 Å². The Balaban J connectivity index is 1.67. The van der Waals surface area contributed by atoms with Crippen molar-refractivity contribution in [3.8, 4) is 0 Å². The molecule has 2 aromatic rings. The lowest BCUT2D eigenvalue weighted by molar-refractivity contribution is 0.439. The fourth-order valence-electron chi connectivity index (χ4n) is 2.00. The predicted octanol–water partition coefficient (Wildman–Crippen LogP) is 1.11. The fourth-order valence-corrected chi connectivity index (χ4v) is 2.00. The smallest absolute Gasteiger partial charge is 0.250 e. The van der Waals surface area contributed by atoms with Crippen molar-refractivity contribution in [2.24, 2.45) is 0 Å². The fraction of sp³-hybridized carbons (Fsp3) is 0.429. The maximum absolute atomic E-state index is 11.5. The van der Waals surface area contributed by atoms with Gasteiger partial charge in [0.05, 0.1) is 6.54 Å². The highest BCUT2D eigenvalue weighted by Gasteiger charge is 2.02. The van der Waals surface area contributed by atoms with E-state index in [2.05, 4.69) is 17.3 Å². The quantitative estimate of drug-likeness (QED) is 0.759. The van der Waals surface area contributed by atoms with Crippen molar-refractivity contribution in [1.82, 2.24) is 19.7 Å². The molecule has 1 atom stereocenters. The van der Waals surface area contributed by atoms with E-state index in [0.29, 0.717) is 6.04 Å². The number of hydrogen-bond donors (Lipinski definition) is 1. The van der Waals surface area contributed by atoms with Gasteiger partial charge in [0.25, 0.3) is 0 Å². The van der Waals surface area contributed by atoms with Gasteiger partial charge in [0, 0.05) is 37.2 Å². The van der Waals surface area contributed by atoms with Crippen molar-refractivity contribution in [3.05, 3.63) is 53.2 Å². The lowest BCUT2D eigenvalue weighted by Crippen LogP contribution is -2.32. The molecule has 1 N–H and O–H groups in total. The summed E-state index contributed by atoms with van der Waals surface area (Å²) in [4.78, 5) is 11.5. The van der Waals surface area contributed by atoms with E-state index in [9.17, 15) is 4.79 Å². The first-order chi connectivity index (χ1) is 9.25. The monoisotopic (exact) mass is 260 g/mol. The van der Waals surface area contributed by atoms with Crippen LogP contribution in [0.1, 0.15) is 13.3 Å². The summed E-state index contributed by atoms with van der Waals surface area (Å²) in [6.07, 6.45) is 6.51. The maximum Gasteiger partial charge on any atom is 0.250 e. The third kappa shape index (κ3) is 4.37. The van der Waals surface area contributed by atoms with Gasteiger partial charge >= 0.3 is 0 Å². The molecule has 102 valence electrons. The van der Waals surface area contributed by atoms with Gasteiger partial charge in [0.2, 0.25) is 5.56 Å². The van der Waals surface area contributed by atoms with Gasteiger partial charge in [-0.2, -0.15) is 5.10 Å². The molecule has 0 spiro atoms. The summed E-state index contributed by atoms with van der Waals surface area (Å²) < 4.78 is 3.65. The number of nitrogens with one attached hydrogen (secondary N) is 1. The summed E-state index contributed by atoms with van der Waals surface area (Å²) in [6.45, 7) is 4.64. The third-order valence-corrected chi connectivity index (χ3v) is 2.99. The van der Waals surface area contributed by atoms with Crippen molar-refractivity contribution in [3.63, 3.8) is 0 Å². The van der Waals surface area contributed by atoms with Crippen molar-refractivity contribution >= 4 is 0 Å². The molecule has 0 saturated carbocycles. The molecule has 0 aliphatic carbocycles. The Hall–Kier alpha value is -1.88. The Morgan fingerprint density at radius 3 is 2.95 bits per heavy atom. The van der Waals surface area contributed by atoms with Crippen LogP contribution in [0.4, 0.5) is 0 Å². The van der Waals surface area contributed by atoms with Crippen molar-refractivity contribution in [2.75, 3.05) is 6.54 Å². The Kier molecular flexibility index (Phi) is 4.92. The molecular weight excluding hydrogens is 240 g/mol. The van der Waals surface area contributed by atoms with E-state index in [1.165, 1.54) is 0 Å². The topological polar surface area (TPSA) is 51.9 Å². The van der Waals surface area contributed by atoms with Crippen LogP contribution >= 0.6 is 0 Å². The van der Waals surface area contributed by atoms with Crippen LogP contribution in [-0.4, -0.2) is 26.9 Å². The summed E-state index contributed by atoms with van der Waals surface area (Å²) in [5, 5.41) is 7.61. The zero-order valence-electron chi connectivity index (χ0n) is 11.2. The molecule has 2 rings (SSSR count). The molecule has 5 heteroatoms. The van der Waals surface area contributed by atoms with Gasteiger partial charge in [-0.1, -0.05) is 6.07 Å². The van der Waals surface area contributed by atoms with Crippen LogP contribution in [0.2, 0.25) is 0 Å². The number of rotatable bonds is 7. The van der Waals surface area contributed by atoms with Crippen LogP contribution in [-0.2, 0) is 13.1 Å². The molecule has 2 heterocycles. The Morgan fingerprint density at radius 1 is 1.32 bits per heavy atom. The minimum absolute atomic E-state index is 0.0621. The zero-order valence-corrected chi connectivity index (χ0v) is 11.2. The second-order valence-corrected chi connectivity index (χ2v) is 4.67. The SMILES string of the molecule is CC(Cn1cccn1)NCCCn1ccccc1=O. The Bertz CT molecular complexity index is 532. The number of nitrogens with zero attached hydrogens (tertiary/aromatic N) is 3. The summed E-state index contributed by atoms with van der Waals surface area (Å²) in [5.74, 6) is 0. The van der Waals surface area contributed by atoms with Gasteiger partial charge in [0.1, 0.15) is 0 Å². The first-order valence-electron chi connectivity index (χ1n) is 6.62. The van der Waals surface area contributed by atoms with E-state index in [1.807, 2.05) is 29.2 Å². The zero-order chi connectivity index (χ0) is 13.5. The average Bonchev–Trinajstić information content (AvgIpc) is 2.89. The van der Waals surface area contributed by atoms with Crippen LogP contribution in [0.3, 0.4) is 0 Å². The third-order valence-electron chi connectivity index (χ3n) is 2.99. The van der Waals surface area contributed by atoms with Crippen LogP contribution in [0, 0.1) is 0 Å². The second-order valence-electron chi connectivity index (χ2n) is 4.67. The standard InChI is InChI=1S/C14H20N4O/c1-13(12-18-11-5-8-16-18)15-7-4-10-17-9-3-2-6-14(17)19/h2-3,5-6,8-9,11,13,15H,4,7,10,12H2,1H3. The first kappa shape index (κ1) is 13.5. The van der Waals surface area contributed by atoms with Gasteiger partial charge < -0.3 is 9.88 Å². The van der Waals surface area contributed by atoms with Crippen molar-refractivity contribution in [2.45, 2.75) is 32.5 Å². The second kappa shape index (κ2) is 6.89. The Labute approximate surface area is 112 Å². The first-order valence-corrected chi connectivity index (χ1v) is 6.62. The molecule has 0 fully saturated rings. The van der Waals surface area contributed by atoms with Gasteiger partial charge in [-0.05, 0) is 32.0 Å². The van der Waals surface area contributed by atoms with Gasteiger partial charge in [-0.25, -0.2) is 0 Å². The van der Waals surface area contributed by atoms with E-state index < -0.39 is 0 Å². The van der Waals surface area contributed by atoms with E-state index in [4.69, 9.17) is 0 Å². The van der Waals surface area contributed by atoms with Gasteiger partial charge in [-0.15, -0.1) is 0 Å². The molecule has 5 nitrogen and oxygen atoms in total. The molecule has 0 radical (unpaired) electrons. The van der Waals surface area contributed by atoms with E-state index >= 15 is 0 Å². The minimum Gasteiger partial charge on any atom is -0.315 e. The average molecular weight is 260 g/mol. The van der Waals surface area contributed by atoms with E-state index in [-0.39, 0.29) is 5.56 Å². The predicted molar refractivity (Wildman–Crippen MR) is 75.0 cm³/mol. The van der Waals surface area contributed by atoms with Crippen LogP contribution < -0.4 is 10.9 Å². The van der Waals surface area contributed by atoms with Gasteiger partial charge in [-0.3, -0.25) is 9.48 Å². The van der Waals surface area contributed by atoms with Crippen LogP contribution in [0.25, 0.3) is 0 Å². The molecule has 19 heavy (non-hydrogen) atoms. The molecule has 0 saturated heterocycles. The normalized spacial score (nSPS) is 12.5. The highest BCUT2D eigenvalue weighted by molar-refractivity contribution is 4.93. The number of aryl methyl sites for hydroxylation is 1. The molecule has 0 aliphatic rings. The molecule has 0 amide bonds. The number of aromatic nitrogens is 3. The highest BCUT2D eigenvalue weighted by Crippen LogP contribution is 1.92. The Morgan fingerprint density at radius 2 is 2.21 bits per heavy atom.